The van der Waals surface area contributed by atoms with Gasteiger partial charge in [0.05, 0.1) is 18.0 Å². The molecular weight excluding hydrogens is 642 g/mol. The van der Waals surface area contributed by atoms with Gasteiger partial charge in [-0.05, 0) is 96.9 Å². The second-order valence-electron chi connectivity index (χ2n) is 13.8. The maximum atomic E-state index is 13.3. The lowest BCUT2D eigenvalue weighted by Crippen LogP contribution is -2.52. The fourth-order valence-corrected chi connectivity index (χ4v) is 7.46. The van der Waals surface area contributed by atoms with Crippen LogP contribution in [0.15, 0.2) is 108 Å². The summed E-state index contributed by atoms with van der Waals surface area (Å²) in [5.74, 6) is 0.913. The van der Waals surface area contributed by atoms with E-state index < -0.39 is 6.10 Å². The summed E-state index contributed by atoms with van der Waals surface area (Å²) in [6.07, 6.45) is 2.47. The van der Waals surface area contributed by atoms with Crippen LogP contribution in [0.4, 0.5) is 0 Å². The van der Waals surface area contributed by atoms with Crippen LogP contribution in [0.25, 0.3) is 10.9 Å². The molecule has 4 N–H and O–H groups in total. The summed E-state index contributed by atoms with van der Waals surface area (Å²) in [6, 6.07) is 32.6. The number of rotatable bonds is 14. The van der Waals surface area contributed by atoms with E-state index in [-0.39, 0.29) is 35.7 Å². The number of benzene rings is 4. The monoisotopic (exact) mass is 687 g/mol. The van der Waals surface area contributed by atoms with Gasteiger partial charge in [-0.25, -0.2) is 0 Å². The van der Waals surface area contributed by atoms with Gasteiger partial charge < -0.3 is 30.0 Å². The molecule has 9 heteroatoms. The molecule has 2 bridgehead atoms. The van der Waals surface area contributed by atoms with Gasteiger partial charge in [0.25, 0.3) is 0 Å². The van der Waals surface area contributed by atoms with E-state index in [4.69, 9.17) is 9.47 Å². The number of carbonyl (C=O) groups is 1. The Hall–Kier alpha value is -4.96. The van der Waals surface area contributed by atoms with Crippen molar-refractivity contribution in [3.8, 4) is 11.5 Å². The van der Waals surface area contributed by atoms with Crippen LogP contribution in [0, 0.1) is 5.92 Å². The van der Waals surface area contributed by atoms with Crippen molar-refractivity contribution in [2.45, 2.75) is 50.4 Å². The molecule has 3 atom stereocenters. The summed E-state index contributed by atoms with van der Waals surface area (Å²) in [5.41, 5.74) is 4.95. The molecule has 0 amide bonds. The Morgan fingerprint density at radius 3 is 2.43 bits per heavy atom. The molecule has 0 saturated carbocycles. The van der Waals surface area contributed by atoms with Gasteiger partial charge in [0.15, 0.2) is 0 Å². The van der Waals surface area contributed by atoms with Crippen molar-refractivity contribution < 1.29 is 24.5 Å². The number of pyridine rings is 1. The third-order valence-electron chi connectivity index (χ3n) is 10.3. The van der Waals surface area contributed by atoms with Crippen LogP contribution >= 0.6 is 0 Å². The summed E-state index contributed by atoms with van der Waals surface area (Å²) in [5, 5.41) is 24.9. The molecule has 3 aliphatic rings. The van der Waals surface area contributed by atoms with Crippen molar-refractivity contribution in [3.05, 3.63) is 141 Å². The van der Waals surface area contributed by atoms with Gasteiger partial charge >= 0.3 is 5.97 Å². The van der Waals surface area contributed by atoms with Crippen LogP contribution in [0.3, 0.4) is 0 Å². The minimum atomic E-state index is -0.802. The molecule has 8 rings (SSSR count). The number of esters is 1. The van der Waals surface area contributed by atoms with Crippen molar-refractivity contribution in [1.29, 1.82) is 0 Å². The lowest BCUT2D eigenvalue weighted by Gasteiger charge is -2.44. The van der Waals surface area contributed by atoms with E-state index in [1.54, 1.807) is 12.1 Å². The highest BCUT2D eigenvalue weighted by Crippen LogP contribution is 2.34. The standard InChI is InChI=1S/C42H45N3O6/c46-37-15-13-34(35-14-16-40(48)44-42(35)37)38(47)25-43-20-17-28-9-11-29(12-10-28)27-50-33-8-4-7-32(23-33)36(30-5-2-1-3-6-30)24-41(49)51-39-26-45-21-18-31(39)19-22-45/h1-16,23,31,36,38-39,43,46-47H,17-22,24-27H2,(H,44,48)/t36?,38-,39-/m0/s1. The highest BCUT2D eigenvalue weighted by molar-refractivity contribution is 5.87. The van der Waals surface area contributed by atoms with E-state index in [1.165, 1.54) is 12.1 Å². The van der Waals surface area contributed by atoms with Crippen molar-refractivity contribution in [2.75, 3.05) is 32.7 Å². The predicted octanol–water partition coefficient (Wildman–Crippen LogP) is 5.84. The molecular formula is C42H45N3O6. The molecule has 9 nitrogen and oxygen atoms in total. The maximum Gasteiger partial charge on any atom is 0.307 e. The molecule has 0 aliphatic carbocycles. The Morgan fingerprint density at radius 1 is 0.902 bits per heavy atom. The maximum absolute atomic E-state index is 13.3. The number of nitrogens with zero attached hydrogens (tertiary/aromatic N) is 1. The number of aliphatic hydroxyl groups is 1. The molecule has 4 heterocycles. The Kier molecular flexibility index (Phi) is 10.8. The van der Waals surface area contributed by atoms with Crippen molar-refractivity contribution in [1.82, 2.24) is 15.2 Å². The van der Waals surface area contributed by atoms with Crippen molar-refractivity contribution in [3.63, 3.8) is 0 Å². The van der Waals surface area contributed by atoms with Crippen LogP contribution in [-0.4, -0.2) is 64.9 Å². The number of ether oxygens (including phenoxy) is 2. The molecule has 1 aromatic heterocycles. The minimum Gasteiger partial charge on any atom is -0.506 e. The van der Waals surface area contributed by atoms with Gasteiger partial charge in [-0.1, -0.05) is 72.8 Å². The van der Waals surface area contributed by atoms with Crippen LogP contribution < -0.4 is 15.6 Å². The number of H-pyrrole nitrogens is 1. The van der Waals surface area contributed by atoms with Crippen LogP contribution in [0.1, 0.15) is 59.1 Å². The fraction of sp³-hybridized carbons (Fsp3) is 0.333. The SMILES string of the molecule is O=C(CC(c1ccccc1)c1cccc(OCc2ccc(CCNC[C@H](O)c3ccc(O)c4[nH]c(=O)ccc34)cc2)c1)O[C@H]1CN2CCC1CC2. The van der Waals surface area contributed by atoms with Crippen molar-refractivity contribution >= 4 is 16.9 Å². The second kappa shape index (κ2) is 15.9. The number of nitrogens with one attached hydrogen (secondary N) is 2. The van der Waals surface area contributed by atoms with E-state index in [0.29, 0.717) is 42.1 Å². The molecule has 5 aromatic rings. The molecule has 1 unspecified atom stereocenters. The molecule has 4 aromatic carbocycles. The molecule has 264 valence electrons. The zero-order valence-corrected chi connectivity index (χ0v) is 28.7. The van der Waals surface area contributed by atoms with E-state index >= 15 is 0 Å². The summed E-state index contributed by atoms with van der Waals surface area (Å²) in [7, 11) is 0. The number of fused-ring (bicyclic) bond motifs is 4. The average Bonchev–Trinajstić information content (AvgIpc) is 3.16. The molecule has 3 saturated heterocycles. The number of carbonyl (C=O) groups excluding carboxylic acids is 1. The van der Waals surface area contributed by atoms with E-state index in [2.05, 4.69) is 57.7 Å². The fourth-order valence-electron chi connectivity index (χ4n) is 7.46. The topological polar surface area (TPSA) is 124 Å². The van der Waals surface area contributed by atoms with Crippen LogP contribution in [0.2, 0.25) is 0 Å². The summed E-state index contributed by atoms with van der Waals surface area (Å²) in [4.78, 5) is 30.0. The van der Waals surface area contributed by atoms with Gasteiger partial charge in [-0.3, -0.25) is 14.5 Å². The molecule has 3 aliphatic heterocycles. The smallest absolute Gasteiger partial charge is 0.307 e. The van der Waals surface area contributed by atoms with E-state index in [9.17, 15) is 19.8 Å². The molecule has 3 fully saturated rings. The van der Waals surface area contributed by atoms with Gasteiger partial charge in [-0.15, -0.1) is 0 Å². The number of aromatic nitrogens is 1. The van der Waals surface area contributed by atoms with Crippen LogP contribution in [0.5, 0.6) is 11.5 Å². The Labute approximate surface area is 297 Å². The molecule has 0 spiro atoms. The number of aromatic amines is 1. The predicted molar refractivity (Wildman–Crippen MR) is 197 cm³/mol. The number of aromatic hydroxyl groups is 1. The molecule has 51 heavy (non-hydrogen) atoms. The highest BCUT2D eigenvalue weighted by atomic mass is 16.5. The van der Waals surface area contributed by atoms with E-state index in [1.807, 2.05) is 36.4 Å². The van der Waals surface area contributed by atoms with Gasteiger partial charge in [0.1, 0.15) is 24.2 Å². The first-order chi connectivity index (χ1) is 24.9. The lowest BCUT2D eigenvalue weighted by atomic mass is 9.85. The van der Waals surface area contributed by atoms with E-state index in [0.717, 1.165) is 66.9 Å². The first-order valence-electron chi connectivity index (χ1n) is 17.9. The Balaban J connectivity index is 0.913. The third-order valence-corrected chi connectivity index (χ3v) is 10.3. The molecule has 0 radical (unpaired) electrons. The van der Waals surface area contributed by atoms with Gasteiger partial charge in [0.2, 0.25) is 5.56 Å². The van der Waals surface area contributed by atoms with Gasteiger partial charge in [-0.2, -0.15) is 0 Å². The summed E-state index contributed by atoms with van der Waals surface area (Å²) in [6.45, 7) is 4.49. The number of phenols is 1. The number of hydrogen-bond donors (Lipinski definition) is 4. The van der Waals surface area contributed by atoms with Crippen molar-refractivity contribution in [2.24, 2.45) is 5.92 Å². The number of hydrogen-bond acceptors (Lipinski definition) is 8. The van der Waals surface area contributed by atoms with Crippen LogP contribution in [-0.2, 0) is 22.6 Å². The average molecular weight is 688 g/mol. The second-order valence-corrected chi connectivity index (χ2v) is 13.8. The zero-order chi connectivity index (χ0) is 35.2. The summed E-state index contributed by atoms with van der Waals surface area (Å²) < 4.78 is 12.3. The minimum absolute atomic E-state index is 0.00544. The third kappa shape index (κ3) is 8.51. The summed E-state index contributed by atoms with van der Waals surface area (Å²) >= 11 is 0. The lowest BCUT2D eigenvalue weighted by molar-refractivity contribution is -0.159. The number of aliphatic hydroxyl groups excluding tert-OH is 1. The Bertz CT molecular complexity index is 1990. The van der Waals surface area contributed by atoms with Gasteiger partial charge in [0, 0.05) is 30.5 Å². The highest BCUT2D eigenvalue weighted by Gasteiger charge is 2.37. The zero-order valence-electron chi connectivity index (χ0n) is 28.7. The number of phenolic OH excluding ortho intramolecular Hbond substituents is 1. The first-order valence-corrected chi connectivity index (χ1v) is 17.9. The quantitative estimate of drug-likeness (QED) is 0.0849. The normalized spacial score (nSPS) is 19.4. The Morgan fingerprint density at radius 2 is 1.67 bits per heavy atom. The first kappa shape index (κ1) is 34.5. The largest absolute Gasteiger partial charge is 0.506 e. The number of piperidine rings is 3.